The van der Waals surface area contributed by atoms with Crippen molar-refractivity contribution in [3.63, 3.8) is 0 Å². The summed E-state index contributed by atoms with van der Waals surface area (Å²) in [7, 11) is 0. The molecule has 0 spiro atoms. The fourth-order valence-corrected chi connectivity index (χ4v) is 1.98. The van der Waals surface area contributed by atoms with E-state index < -0.39 is 5.97 Å². The van der Waals surface area contributed by atoms with Crippen LogP contribution in [0, 0.1) is 0 Å². The van der Waals surface area contributed by atoms with Crippen LogP contribution >= 0.6 is 0 Å². The molecule has 0 aromatic carbocycles. The van der Waals surface area contributed by atoms with Gasteiger partial charge < -0.3 is 9.72 Å². The number of esters is 1. The van der Waals surface area contributed by atoms with Crippen LogP contribution in [0.5, 0.6) is 0 Å². The summed E-state index contributed by atoms with van der Waals surface area (Å²) in [4.78, 5) is 30.3. The van der Waals surface area contributed by atoms with Crippen molar-refractivity contribution in [3.8, 4) is 0 Å². The van der Waals surface area contributed by atoms with E-state index in [4.69, 9.17) is 4.74 Å². The summed E-state index contributed by atoms with van der Waals surface area (Å²) in [5, 5.41) is 0. The van der Waals surface area contributed by atoms with Gasteiger partial charge in [0.25, 0.3) is 0 Å². The SMILES string of the molecule is CCCCOC(=O)C1=CC=CC(c2ncc[nH]2)C1=C=O. The van der Waals surface area contributed by atoms with Crippen molar-refractivity contribution in [2.75, 3.05) is 6.61 Å². The summed E-state index contributed by atoms with van der Waals surface area (Å²) in [5.41, 5.74) is 0.504. The second kappa shape index (κ2) is 6.68. The molecule has 1 N–H and O–H groups in total. The molecule has 0 aliphatic heterocycles. The van der Waals surface area contributed by atoms with Gasteiger partial charge in [-0.3, -0.25) is 0 Å². The number of unbranched alkanes of at least 4 members (excludes halogenated alkanes) is 1. The molecule has 0 bridgehead atoms. The number of aromatic amines is 1. The lowest BCUT2D eigenvalue weighted by atomic mass is 9.88. The number of nitrogens with one attached hydrogen (secondary N) is 1. The molecule has 1 aliphatic rings. The van der Waals surface area contributed by atoms with Crippen molar-refractivity contribution in [1.29, 1.82) is 0 Å². The van der Waals surface area contributed by atoms with Gasteiger partial charge in [-0.25, -0.2) is 14.6 Å². The van der Waals surface area contributed by atoms with Crippen LogP contribution in [0.2, 0.25) is 0 Å². The molecular formula is C15H16N2O3. The summed E-state index contributed by atoms with van der Waals surface area (Å²) in [6.07, 6.45) is 10.1. The maximum absolute atomic E-state index is 12.0. The smallest absolute Gasteiger partial charge is 0.339 e. The number of rotatable bonds is 5. The van der Waals surface area contributed by atoms with Crippen molar-refractivity contribution in [1.82, 2.24) is 9.97 Å². The summed E-state index contributed by atoms with van der Waals surface area (Å²) < 4.78 is 5.15. The topological polar surface area (TPSA) is 72.0 Å². The number of nitrogens with zero attached hydrogens (tertiary/aromatic N) is 1. The molecule has 20 heavy (non-hydrogen) atoms. The third-order valence-electron chi connectivity index (χ3n) is 3.04. The number of H-pyrrole nitrogens is 1. The minimum atomic E-state index is -0.488. The summed E-state index contributed by atoms with van der Waals surface area (Å²) in [6.45, 7) is 2.37. The van der Waals surface area contributed by atoms with Gasteiger partial charge in [0.15, 0.2) is 0 Å². The van der Waals surface area contributed by atoms with Crippen molar-refractivity contribution < 1.29 is 14.3 Å². The average molecular weight is 272 g/mol. The predicted molar refractivity (Wildman–Crippen MR) is 73.6 cm³/mol. The van der Waals surface area contributed by atoms with E-state index in [0.29, 0.717) is 12.4 Å². The first-order valence-electron chi connectivity index (χ1n) is 6.58. The molecule has 2 rings (SSSR count). The minimum absolute atomic E-state index is 0.250. The Bertz CT molecular complexity index is 578. The lowest BCUT2D eigenvalue weighted by Gasteiger charge is -2.17. The van der Waals surface area contributed by atoms with Crippen molar-refractivity contribution in [2.24, 2.45) is 0 Å². The van der Waals surface area contributed by atoms with E-state index in [9.17, 15) is 9.59 Å². The molecule has 0 saturated heterocycles. The number of hydrogen-bond acceptors (Lipinski definition) is 4. The first-order chi connectivity index (χ1) is 9.77. The normalized spacial score (nSPS) is 17.6. The van der Waals surface area contributed by atoms with Crippen LogP contribution < -0.4 is 0 Å². The average Bonchev–Trinajstić information content (AvgIpc) is 3.00. The van der Waals surface area contributed by atoms with E-state index in [-0.39, 0.29) is 17.1 Å². The maximum atomic E-state index is 12.0. The molecular weight excluding hydrogens is 256 g/mol. The summed E-state index contributed by atoms with van der Waals surface area (Å²) >= 11 is 0. The molecule has 1 atom stereocenters. The minimum Gasteiger partial charge on any atom is -0.462 e. The first kappa shape index (κ1) is 14.0. The second-order valence-corrected chi connectivity index (χ2v) is 4.42. The van der Waals surface area contributed by atoms with E-state index in [1.54, 1.807) is 30.6 Å². The third kappa shape index (κ3) is 2.95. The Morgan fingerprint density at radius 2 is 2.40 bits per heavy atom. The highest BCUT2D eigenvalue weighted by Crippen LogP contribution is 2.30. The zero-order valence-electron chi connectivity index (χ0n) is 11.3. The van der Waals surface area contributed by atoms with Gasteiger partial charge in [0.1, 0.15) is 11.8 Å². The highest BCUT2D eigenvalue weighted by Gasteiger charge is 2.28. The lowest BCUT2D eigenvalue weighted by molar-refractivity contribution is -0.138. The van der Waals surface area contributed by atoms with E-state index in [0.717, 1.165) is 12.8 Å². The van der Waals surface area contributed by atoms with Gasteiger partial charge in [0.2, 0.25) is 0 Å². The highest BCUT2D eigenvalue weighted by atomic mass is 16.5. The zero-order chi connectivity index (χ0) is 14.4. The molecule has 1 unspecified atom stereocenters. The number of allylic oxidation sites excluding steroid dienone is 3. The van der Waals surface area contributed by atoms with Crippen LogP contribution in [-0.4, -0.2) is 28.5 Å². The van der Waals surface area contributed by atoms with Gasteiger partial charge in [-0.1, -0.05) is 25.5 Å². The van der Waals surface area contributed by atoms with E-state index in [1.807, 2.05) is 12.9 Å². The zero-order valence-corrected chi connectivity index (χ0v) is 11.3. The first-order valence-corrected chi connectivity index (χ1v) is 6.58. The predicted octanol–water partition coefficient (Wildman–Crippen LogP) is 2.09. The van der Waals surface area contributed by atoms with Crippen LogP contribution in [0.3, 0.4) is 0 Å². The van der Waals surface area contributed by atoms with Crippen LogP contribution in [0.25, 0.3) is 0 Å². The molecule has 5 heteroatoms. The van der Waals surface area contributed by atoms with Gasteiger partial charge in [-0.05, 0) is 12.5 Å². The Balaban J connectivity index is 2.17. The van der Waals surface area contributed by atoms with Gasteiger partial charge >= 0.3 is 5.97 Å². The molecule has 1 heterocycles. The highest BCUT2D eigenvalue weighted by molar-refractivity contribution is 5.98. The van der Waals surface area contributed by atoms with Crippen molar-refractivity contribution in [2.45, 2.75) is 25.7 Å². The van der Waals surface area contributed by atoms with E-state index >= 15 is 0 Å². The molecule has 1 aromatic rings. The summed E-state index contributed by atoms with van der Waals surface area (Å²) in [5.74, 6) is 1.58. The molecule has 0 amide bonds. The standard InChI is InChI=1S/C15H16N2O3/c1-2-3-9-20-15(19)12-6-4-5-11(13(12)10-18)14-16-7-8-17-14/h4-8,11H,2-3,9H2,1H3,(H,16,17). The maximum Gasteiger partial charge on any atom is 0.339 e. The molecule has 1 aliphatic carbocycles. The Morgan fingerprint density at radius 1 is 1.55 bits per heavy atom. The summed E-state index contributed by atoms with van der Waals surface area (Å²) in [6, 6.07) is 0. The number of hydrogen-bond donors (Lipinski definition) is 1. The van der Waals surface area contributed by atoms with E-state index in [2.05, 4.69) is 9.97 Å². The molecule has 0 saturated carbocycles. The van der Waals surface area contributed by atoms with Gasteiger partial charge in [-0.15, -0.1) is 0 Å². The van der Waals surface area contributed by atoms with Crippen molar-refractivity contribution >= 4 is 11.9 Å². The van der Waals surface area contributed by atoms with Crippen LogP contribution in [0.4, 0.5) is 0 Å². The number of carbonyl (C=O) groups is 1. The van der Waals surface area contributed by atoms with Crippen LogP contribution in [0.1, 0.15) is 31.5 Å². The van der Waals surface area contributed by atoms with Crippen LogP contribution in [0.15, 0.2) is 41.8 Å². The van der Waals surface area contributed by atoms with Gasteiger partial charge in [0.05, 0.1) is 23.7 Å². The fourth-order valence-electron chi connectivity index (χ4n) is 1.98. The monoisotopic (exact) mass is 272 g/mol. The van der Waals surface area contributed by atoms with E-state index in [1.165, 1.54) is 0 Å². The molecule has 1 aromatic heterocycles. The lowest BCUT2D eigenvalue weighted by Crippen LogP contribution is -2.17. The Hall–Kier alpha value is -2.39. The van der Waals surface area contributed by atoms with Gasteiger partial charge in [0, 0.05) is 12.4 Å². The number of ether oxygens (including phenoxy) is 1. The number of imidazole rings is 1. The molecule has 104 valence electrons. The largest absolute Gasteiger partial charge is 0.462 e. The molecule has 5 nitrogen and oxygen atoms in total. The van der Waals surface area contributed by atoms with Crippen molar-refractivity contribution in [3.05, 3.63) is 47.6 Å². The Labute approximate surface area is 117 Å². The number of carbonyl (C=O) groups excluding carboxylic acids is 2. The van der Waals surface area contributed by atoms with Crippen LogP contribution in [-0.2, 0) is 14.3 Å². The van der Waals surface area contributed by atoms with Gasteiger partial charge in [-0.2, -0.15) is 0 Å². The third-order valence-corrected chi connectivity index (χ3v) is 3.04. The molecule has 0 fully saturated rings. The molecule has 0 radical (unpaired) electrons. The number of aromatic nitrogens is 2. The Kier molecular flexibility index (Phi) is 4.69. The second-order valence-electron chi connectivity index (χ2n) is 4.42. The fraction of sp³-hybridized carbons (Fsp3) is 0.333. The Morgan fingerprint density at radius 3 is 3.05 bits per heavy atom. The quantitative estimate of drug-likeness (QED) is 0.506.